The molecule has 0 saturated heterocycles. The average Bonchev–Trinajstić information content (AvgIpc) is 2.98. The summed E-state index contributed by atoms with van der Waals surface area (Å²) < 4.78 is 0. The van der Waals surface area contributed by atoms with Crippen molar-refractivity contribution in [1.29, 1.82) is 0 Å². The monoisotopic (exact) mass is 418 g/mol. The van der Waals surface area contributed by atoms with Gasteiger partial charge >= 0.3 is 0 Å². The molecule has 154 valence electrons. The largest absolute Gasteiger partial charge is 0.352 e. The highest BCUT2D eigenvalue weighted by Gasteiger charge is 2.25. The van der Waals surface area contributed by atoms with Crippen LogP contribution in [-0.4, -0.2) is 49.9 Å². The van der Waals surface area contributed by atoms with Gasteiger partial charge in [-0.15, -0.1) is 24.8 Å². The molecule has 0 spiro atoms. The number of likely N-dealkylation sites (N-methyl/N-ethyl adjacent to an activating group) is 1. The third-order valence-electron chi connectivity index (χ3n) is 4.72. The molecule has 4 N–H and O–H groups in total. The number of nitrogens with two attached hydrogens (primary N) is 1. The number of rotatable bonds is 8. The molecule has 1 saturated carbocycles. The predicted molar refractivity (Wildman–Crippen MR) is 114 cm³/mol. The second kappa shape index (κ2) is 12.9. The number of amides is 2. The summed E-state index contributed by atoms with van der Waals surface area (Å²) in [5.41, 5.74) is 7.62. The predicted octanol–water partition coefficient (Wildman–Crippen LogP) is 1.96. The van der Waals surface area contributed by atoms with Crippen molar-refractivity contribution in [3.8, 4) is 0 Å². The van der Waals surface area contributed by atoms with Gasteiger partial charge in [0.1, 0.15) is 0 Å². The van der Waals surface area contributed by atoms with Crippen molar-refractivity contribution in [2.24, 2.45) is 11.7 Å². The molecule has 1 fully saturated rings. The smallest absolute Gasteiger partial charge is 0.251 e. The Kier molecular flexibility index (Phi) is 12.3. The molecule has 1 aromatic carbocycles. The molecule has 0 bridgehead atoms. The van der Waals surface area contributed by atoms with Gasteiger partial charge in [-0.2, -0.15) is 0 Å². The highest BCUT2D eigenvalue weighted by molar-refractivity contribution is 5.94. The Morgan fingerprint density at radius 1 is 1.11 bits per heavy atom. The molecule has 8 heteroatoms. The summed E-state index contributed by atoms with van der Waals surface area (Å²) in [6, 6.07) is 7.50. The average molecular weight is 419 g/mol. The minimum absolute atomic E-state index is 0. The second-order valence-electron chi connectivity index (χ2n) is 7.09. The molecule has 0 radical (unpaired) electrons. The van der Waals surface area contributed by atoms with E-state index < -0.39 is 0 Å². The van der Waals surface area contributed by atoms with Crippen molar-refractivity contribution in [2.75, 3.05) is 27.2 Å². The summed E-state index contributed by atoms with van der Waals surface area (Å²) in [6.07, 6.45) is 3.70. The molecule has 2 amide bonds. The van der Waals surface area contributed by atoms with Gasteiger partial charge in [-0.1, -0.05) is 18.6 Å². The summed E-state index contributed by atoms with van der Waals surface area (Å²) in [6.45, 7) is 1.90. The van der Waals surface area contributed by atoms with Gasteiger partial charge in [0.15, 0.2) is 0 Å². The topological polar surface area (TPSA) is 87.5 Å². The van der Waals surface area contributed by atoms with Gasteiger partial charge in [0.2, 0.25) is 5.91 Å². The van der Waals surface area contributed by atoms with E-state index in [9.17, 15) is 9.59 Å². The van der Waals surface area contributed by atoms with E-state index in [1.165, 1.54) is 0 Å². The van der Waals surface area contributed by atoms with Gasteiger partial charge in [0.25, 0.3) is 5.91 Å². The third-order valence-corrected chi connectivity index (χ3v) is 4.72. The van der Waals surface area contributed by atoms with Crippen LogP contribution in [0.25, 0.3) is 0 Å². The van der Waals surface area contributed by atoms with Crippen LogP contribution in [0.1, 0.15) is 41.6 Å². The molecule has 1 aliphatic rings. The fourth-order valence-electron chi connectivity index (χ4n) is 3.10. The number of halogens is 2. The molecule has 1 aliphatic carbocycles. The standard InChI is InChI=1S/C19H30N4O2.2ClH/c1-23(2)11-10-21-19(25)15-8-6-14(7-9-15)13-22-18(24)12-16-4-3-5-17(16)20;;/h6-9,16-17H,3-5,10-13,20H2,1-2H3,(H,21,25)(H,22,24);2*1H/t16-,17+;;/m0../s1. The summed E-state index contributed by atoms with van der Waals surface area (Å²) in [5.74, 6) is 0.286. The Labute approximate surface area is 174 Å². The number of benzene rings is 1. The van der Waals surface area contributed by atoms with Crippen LogP contribution in [0.4, 0.5) is 0 Å². The van der Waals surface area contributed by atoms with E-state index in [1.807, 2.05) is 31.1 Å². The van der Waals surface area contributed by atoms with Crippen LogP contribution in [0.15, 0.2) is 24.3 Å². The normalized spacial score (nSPS) is 18.4. The molecule has 0 aromatic heterocycles. The van der Waals surface area contributed by atoms with Crippen molar-refractivity contribution in [3.63, 3.8) is 0 Å². The Morgan fingerprint density at radius 2 is 1.78 bits per heavy atom. The van der Waals surface area contributed by atoms with E-state index in [0.717, 1.165) is 31.4 Å². The molecule has 0 unspecified atom stereocenters. The van der Waals surface area contributed by atoms with Crippen LogP contribution in [-0.2, 0) is 11.3 Å². The number of carbonyl (C=O) groups excluding carboxylic acids is 2. The van der Waals surface area contributed by atoms with Gasteiger partial charge in [-0.3, -0.25) is 9.59 Å². The van der Waals surface area contributed by atoms with Crippen molar-refractivity contribution < 1.29 is 9.59 Å². The Morgan fingerprint density at radius 3 is 2.33 bits per heavy atom. The van der Waals surface area contributed by atoms with Crippen molar-refractivity contribution >= 4 is 36.6 Å². The van der Waals surface area contributed by atoms with Crippen LogP contribution in [0, 0.1) is 5.92 Å². The number of nitrogens with one attached hydrogen (secondary N) is 2. The molecule has 2 rings (SSSR count). The first-order chi connectivity index (χ1) is 12.0. The molecule has 0 aliphatic heterocycles. The Bertz CT molecular complexity index is 582. The molecular formula is C19H32Cl2N4O2. The van der Waals surface area contributed by atoms with Crippen LogP contribution in [0.2, 0.25) is 0 Å². The lowest BCUT2D eigenvalue weighted by Gasteiger charge is -2.15. The zero-order valence-corrected chi connectivity index (χ0v) is 17.7. The molecule has 0 heterocycles. The number of hydrogen-bond donors (Lipinski definition) is 3. The lowest BCUT2D eigenvalue weighted by Crippen LogP contribution is -2.31. The summed E-state index contributed by atoms with van der Waals surface area (Å²) >= 11 is 0. The van der Waals surface area contributed by atoms with Crippen molar-refractivity contribution in [3.05, 3.63) is 35.4 Å². The van der Waals surface area contributed by atoms with Crippen LogP contribution in [0.3, 0.4) is 0 Å². The van der Waals surface area contributed by atoms with Gasteiger partial charge in [-0.05, 0) is 50.6 Å². The SMILES string of the molecule is CN(C)CCNC(=O)c1ccc(CNC(=O)C[C@@H]2CCC[C@H]2N)cc1.Cl.Cl. The van der Waals surface area contributed by atoms with Crippen molar-refractivity contribution in [1.82, 2.24) is 15.5 Å². The van der Waals surface area contributed by atoms with Crippen LogP contribution >= 0.6 is 24.8 Å². The highest BCUT2D eigenvalue weighted by atomic mass is 35.5. The Hall–Kier alpha value is -1.34. The number of nitrogens with zero attached hydrogens (tertiary/aromatic N) is 1. The van der Waals surface area contributed by atoms with Crippen LogP contribution in [0.5, 0.6) is 0 Å². The van der Waals surface area contributed by atoms with E-state index in [4.69, 9.17) is 5.73 Å². The van der Waals surface area contributed by atoms with Crippen molar-refractivity contribution in [2.45, 2.75) is 38.3 Å². The lowest BCUT2D eigenvalue weighted by atomic mass is 10.00. The van der Waals surface area contributed by atoms with Gasteiger partial charge in [-0.25, -0.2) is 0 Å². The first kappa shape index (κ1) is 25.7. The Balaban J connectivity index is 0.00000338. The summed E-state index contributed by atoms with van der Waals surface area (Å²) in [4.78, 5) is 26.1. The minimum Gasteiger partial charge on any atom is -0.352 e. The summed E-state index contributed by atoms with van der Waals surface area (Å²) in [5, 5.41) is 5.82. The van der Waals surface area contributed by atoms with Gasteiger partial charge < -0.3 is 21.3 Å². The van der Waals surface area contributed by atoms with Crippen LogP contribution < -0.4 is 16.4 Å². The third kappa shape index (κ3) is 8.93. The number of carbonyl (C=O) groups is 2. The zero-order valence-electron chi connectivity index (χ0n) is 16.1. The fourth-order valence-corrected chi connectivity index (χ4v) is 3.10. The maximum atomic E-state index is 12.0. The van der Waals surface area contributed by atoms with E-state index in [0.29, 0.717) is 31.0 Å². The first-order valence-corrected chi connectivity index (χ1v) is 9.00. The lowest BCUT2D eigenvalue weighted by molar-refractivity contribution is -0.122. The summed E-state index contributed by atoms with van der Waals surface area (Å²) in [7, 11) is 3.94. The van der Waals surface area contributed by atoms with E-state index in [-0.39, 0.29) is 42.7 Å². The highest BCUT2D eigenvalue weighted by Crippen LogP contribution is 2.26. The maximum Gasteiger partial charge on any atom is 0.251 e. The van der Waals surface area contributed by atoms with Gasteiger partial charge in [0, 0.05) is 37.7 Å². The zero-order chi connectivity index (χ0) is 18.2. The first-order valence-electron chi connectivity index (χ1n) is 9.00. The molecule has 2 atom stereocenters. The van der Waals surface area contributed by atoms with E-state index in [1.54, 1.807) is 12.1 Å². The molecule has 1 aromatic rings. The molecule has 27 heavy (non-hydrogen) atoms. The second-order valence-corrected chi connectivity index (χ2v) is 7.09. The van der Waals surface area contributed by atoms with Gasteiger partial charge in [0.05, 0.1) is 0 Å². The quantitative estimate of drug-likeness (QED) is 0.601. The minimum atomic E-state index is -0.0762. The van der Waals surface area contributed by atoms with E-state index >= 15 is 0 Å². The molecular weight excluding hydrogens is 387 g/mol. The molecule has 6 nitrogen and oxygen atoms in total. The number of hydrogen-bond acceptors (Lipinski definition) is 4. The fraction of sp³-hybridized carbons (Fsp3) is 0.579. The maximum absolute atomic E-state index is 12.0. The van der Waals surface area contributed by atoms with E-state index in [2.05, 4.69) is 10.6 Å².